The van der Waals surface area contributed by atoms with Gasteiger partial charge in [0.25, 0.3) is 5.91 Å². The van der Waals surface area contributed by atoms with Crippen molar-refractivity contribution in [3.63, 3.8) is 0 Å². The van der Waals surface area contributed by atoms with Crippen molar-refractivity contribution in [3.05, 3.63) is 48.3 Å². The molecule has 1 fully saturated rings. The molecular weight excluding hydrogens is 328 g/mol. The number of hydrogen-bond donors (Lipinski definition) is 2. The number of para-hydroxylation sites is 2. The van der Waals surface area contributed by atoms with Gasteiger partial charge in [-0.05, 0) is 37.6 Å². The number of carbonyl (C=O) groups is 1. The standard InChI is InChI=1S/C20H26N4O2/c1-3-15(2)22-16-8-9-21-18(14-16)20(25)23-17-6-4-5-7-19(17)24-10-12-26-13-11-24/h4-9,14-15H,3,10-13H2,1-2H3,(H,21,22)(H,23,25). The van der Waals surface area contributed by atoms with E-state index < -0.39 is 0 Å². The minimum atomic E-state index is -0.210. The van der Waals surface area contributed by atoms with Gasteiger partial charge in [-0.15, -0.1) is 0 Å². The van der Waals surface area contributed by atoms with E-state index in [0.29, 0.717) is 24.9 Å². The molecule has 0 aliphatic carbocycles. The van der Waals surface area contributed by atoms with E-state index in [2.05, 4.69) is 34.4 Å². The topological polar surface area (TPSA) is 66.5 Å². The van der Waals surface area contributed by atoms with Gasteiger partial charge in [-0.2, -0.15) is 0 Å². The van der Waals surface area contributed by atoms with E-state index in [9.17, 15) is 4.79 Å². The van der Waals surface area contributed by atoms with Gasteiger partial charge in [-0.1, -0.05) is 19.1 Å². The summed E-state index contributed by atoms with van der Waals surface area (Å²) in [7, 11) is 0. The van der Waals surface area contributed by atoms with E-state index >= 15 is 0 Å². The van der Waals surface area contributed by atoms with Crippen molar-refractivity contribution in [2.75, 3.05) is 41.8 Å². The molecule has 1 aromatic heterocycles. The van der Waals surface area contributed by atoms with Gasteiger partial charge in [0.1, 0.15) is 5.69 Å². The van der Waals surface area contributed by atoms with E-state index in [4.69, 9.17) is 4.74 Å². The molecule has 3 rings (SSSR count). The van der Waals surface area contributed by atoms with Crippen LogP contribution in [0.15, 0.2) is 42.6 Å². The van der Waals surface area contributed by atoms with Crippen molar-refractivity contribution >= 4 is 23.0 Å². The van der Waals surface area contributed by atoms with Crippen LogP contribution in [0.5, 0.6) is 0 Å². The Labute approximate surface area is 154 Å². The number of nitrogens with one attached hydrogen (secondary N) is 2. The van der Waals surface area contributed by atoms with Crippen molar-refractivity contribution < 1.29 is 9.53 Å². The number of amides is 1. The van der Waals surface area contributed by atoms with Gasteiger partial charge in [0, 0.05) is 31.0 Å². The van der Waals surface area contributed by atoms with E-state index in [1.165, 1.54) is 0 Å². The van der Waals surface area contributed by atoms with Gasteiger partial charge in [0.15, 0.2) is 0 Å². The maximum absolute atomic E-state index is 12.7. The van der Waals surface area contributed by atoms with Crippen molar-refractivity contribution in [2.45, 2.75) is 26.3 Å². The molecule has 0 saturated carbocycles. The Morgan fingerprint density at radius 1 is 1.27 bits per heavy atom. The number of rotatable bonds is 6. The fraction of sp³-hybridized carbons (Fsp3) is 0.400. The number of benzene rings is 1. The Kier molecular flexibility index (Phi) is 6.07. The molecule has 6 heteroatoms. The summed E-state index contributed by atoms with van der Waals surface area (Å²) in [4.78, 5) is 19.2. The molecule has 1 unspecified atom stereocenters. The maximum Gasteiger partial charge on any atom is 0.274 e. The first-order chi connectivity index (χ1) is 12.7. The van der Waals surface area contributed by atoms with Crippen molar-refractivity contribution in [2.24, 2.45) is 0 Å². The predicted octanol–water partition coefficient (Wildman–Crippen LogP) is 3.38. The Bertz CT molecular complexity index is 744. The molecule has 0 spiro atoms. The third-order valence-corrected chi connectivity index (χ3v) is 4.52. The molecule has 6 nitrogen and oxygen atoms in total. The normalized spacial score (nSPS) is 15.4. The summed E-state index contributed by atoms with van der Waals surface area (Å²) in [5.74, 6) is -0.210. The Morgan fingerprint density at radius 3 is 2.81 bits per heavy atom. The predicted molar refractivity (Wildman–Crippen MR) is 105 cm³/mol. The van der Waals surface area contributed by atoms with Gasteiger partial charge in [-0.3, -0.25) is 9.78 Å². The average Bonchev–Trinajstić information content (AvgIpc) is 2.69. The summed E-state index contributed by atoms with van der Waals surface area (Å²) in [5, 5.41) is 6.38. The quantitative estimate of drug-likeness (QED) is 0.832. The third kappa shape index (κ3) is 4.52. The second-order valence-electron chi connectivity index (χ2n) is 6.45. The zero-order valence-corrected chi connectivity index (χ0v) is 15.4. The number of hydrogen-bond acceptors (Lipinski definition) is 5. The van der Waals surface area contributed by atoms with Crippen LogP contribution in [-0.4, -0.2) is 43.2 Å². The molecule has 26 heavy (non-hydrogen) atoms. The lowest BCUT2D eigenvalue weighted by Crippen LogP contribution is -2.36. The highest BCUT2D eigenvalue weighted by molar-refractivity contribution is 6.05. The summed E-state index contributed by atoms with van der Waals surface area (Å²) >= 11 is 0. The van der Waals surface area contributed by atoms with Crippen LogP contribution in [0, 0.1) is 0 Å². The number of ether oxygens (including phenoxy) is 1. The molecule has 0 radical (unpaired) electrons. The van der Waals surface area contributed by atoms with Crippen LogP contribution in [0.3, 0.4) is 0 Å². The summed E-state index contributed by atoms with van der Waals surface area (Å²) in [5.41, 5.74) is 3.11. The number of nitrogens with zero attached hydrogens (tertiary/aromatic N) is 2. The molecule has 2 N–H and O–H groups in total. The molecule has 2 heterocycles. The minimum Gasteiger partial charge on any atom is -0.382 e. The first-order valence-corrected chi connectivity index (χ1v) is 9.13. The SMILES string of the molecule is CCC(C)Nc1ccnc(C(=O)Nc2ccccc2N2CCOCC2)c1. The average molecular weight is 354 g/mol. The van der Waals surface area contributed by atoms with Crippen molar-refractivity contribution in [1.82, 2.24) is 4.98 Å². The Balaban J connectivity index is 1.75. The second-order valence-corrected chi connectivity index (χ2v) is 6.45. The van der Waals surface area contributed by atoms with Crippen LogP contribution in [0.4, 0.5) is 17.1 Å². The molecule has 1 aliphatic rings. The molecule has 1 saturated heterocycles. The number of morpholine rings is 1. The lowest BCUT2D eigenvalue weighted by molar-refractivity contribution is 0.102. The highest BCUT2D eigenvalue weighted by Crippen LogP contribution is 2.26. The lowest BCUT2D eigenvalue weighted by atomic mass is 10.2. The highest BCUT2D eigenvalue weighted by Gasteiger charge is 2.17. The highest BCUT2D eigenvalue weighted by atomic mass is 16.5. The first kappa shape index (κ1) is 18.2. The number of pyridine rings is 1. The number of aromatic nitrogens is 1. The molecular formula is C20H26N4O2. The molecule has 0 bridgehead atoms. The Morgan fingerprint density at radius 2 is 2.04 bits per heavy atom. The summed E-state index contributed by atoms with van der Waals surface area (Å²) in [6.07, 6.45) is 2.67. The summed E-state index contributed by atoms with van der Waals surface area (Å²) < 4.78 is 5.42. The van der Waals surface area contributed by atoms with Crippen LogP contribution in [0.2, 0.25) is 0 Å². The second kappa shape index (κ2) is 8.67. The van der Waals surface area contributed by atoms with Gasteiger partial charge in [-0.25, -0.2) is 0 Å². The van der Waals surface area contributed by atoms with E-state index in [-0.39, 0.29) is 5.91 Å². The number of carbonyl (C=O) groups excluding carboxylic acids is 1. The van der Waals surface area contributed by atoms with Crippen LogP contribution >= 0.6 is 0 Å². The van der Waals surface area contributed by atoms with E-state index in [1.807, 2.05) is 30.3 Å². The molecule has 1 aromatic carbocycles. The first-order valence-electron chi connectivity index (χ1n) is 9.13. The van der Waals surface area contributed by atoms with Crippen LogP contribution in [0.25, 0.3) is 0 Å². The molecule has 2 aromatic rings. The largest absolute Gasteiger partial charge is 0.382 e. The smallest absolute Gasteiger partial charge is 0.274 e. The van der Waals surface area contributed by atoms with Gasteiger partial charge >= 0.3 is 0 Å². The van der Waals surface area contributed by atoms with Gasteiger partial charge < -0.3 is 20.3 Å². The zero-order valence-electron chi connectivity index (χ0n) is 15.4. The molecule has 1 atom stereocenters. The third-order valence-electron chi connectivity index (χ3n) is 4.52. The monoisotopic (exact) mass is 354 g/mol. The van der Waals surface area contributed by atoms with E-state index in [1.54, 1.807) is 12.3 Å². The fourth-order valence-electron chi connectivity index (χ4n) is 2.88. The van der Waals surface area contributed by atoms with Gasteiger partial charge in [0.2, 0.25) is 0 Å². The van der Waals surface area contributed by atoms with Crippen LogP contribution in [-0.2, 0) is 4.74 Å². The molecule has 138 valence electrons. The minimum absolute atomic E-state index is 0.210. The zero-order chi connectivity index (χ0) is 18.4. The molecule has 1 amide bonds. The van der Waals surface area contributed by atoms with Gasteiger partial charge in [0.05, 0.1) is 24.6 Å². The van der Waals surface area contributed by atoms with Crippen LogP contribution in [0.1, 0.15) is 30.8 Å². The fourth-order valence-corrected chi connectivity index (χ4v) is 2.88. The van der Waals surface area contributed by atoms with Crippen LogP contribution < -0.4 is 15.5 Å². The van der Waals surface area contributed by atoms with Crippen molar-refractivity contribution in [1.29, 1.82) is 0 Å². The Hall–Kier alpha value is -2.60. The maximum atomic E-state index is 12.7. The van der Waals surface area contributed by atoms with E-state index in [0.717, 1.165) is 36.6 Å². The lowest BCUT2D eigenvalue weighted by Gasteiger charge is -2.30. The molecule has 1 aliphatic heterocycles. The number of anilines is 3. The summed E-state index contributed by atoms with van der Waals surface area (Å²) in [6.45, 7) is 7.27. The van der Waals surface area contributed by atoms with Crippen molar-refractivity contribution in [3.8, 4) is 0 Å². The summed E-state index contributed by atoms with van der Waals surface area (Å²) in [6, 6.07) is 11.9.